The van der Waals surface area contributed by atoms with Gasteiger partial charge in [0.15, 0.2) is 0 Å². The van der Waals surface area contributed by atoms with Gasteiger partial charge in [0.1, 0.15) is 0 Å². The molecule has 0 amide bonds. The molecule has 1 heterocycles. The van der Waals surface area contributed by atoms with E-state index in [1.807, 2.05) is 11.3 Å². The smallest absolute Gasteiger partial charge is 0.0659 e. The van der Waals surface area contributed by atoms with E-state index in [-0.39, 0.29) is 0 Å². The molecule has 1 N–H and O–H groups in total. The summed E-state index contributed by atoms with van der Waals surface area (Å²) in [5, 5.41) is 3.83. The molecule has 86 valence electrons. The number of hydrogen-bond donors (Lipinski definition) is 1. The lowest BCUT2D eigenvalue weighted by molar-refractivity contribution is 0.405. The molecule has 1 nitrogen and oxygen atoms in total. The second-order valence-electron chi connectivity index (χ2n) is 4.68. The Bertz CT molecular complexity index is 402. The number of fused-ring (bicyclic) bond motifs is 1. The second-order valence-corrected chi connectivity index (χ2v) is 7.71. The minimum atomic E-state index is 0.619. The van der Waals surface area contributed by atoms with Crippen LogP contribution in [0.1, 0.15) is 42.2 Å². The molecular weight excluding hydrogens is 329 g/mol. The fourth-order valence-electron chi connectivity index (χ4n) is 2.73. The normalized spacial score (nSPS) is 24.9. The summed E-state index contributed by atoms with van der Waals surface area (Å²) in [4.78, 5) is 1.62. The highest BCUT2D eigenvalue weighted by molar-refractivity contribution is 14.1. The standard InChI is InChI=1S/C13H16INS/c14-13-8-10-11(6-3-7-12(10)16-13)15-9-4-1-2-5-9/h1-2,8-9,11,15H,3-7H2. The maximum atomic E-state index is 3.83. The van der Waals surface area contributed by atoms with E-state index in [1.54, 1.807) is 10.4 Å². The molecule has 0 spiro atoms. The first kappa shape index (κ1) is 11.2. The molecule has 3 heteroatoms. The molecule has 0 aromatic carbocycles. The van der Waals surface area contributed by atoms with Gasteiger partial charge in [0.05, 0.1) is 2.88 Å². The zero-order valence-electron chi connectivity index (χ0n) is 9.21. The Morgan fingerprint density at radius 1 is 1.31 bits per heavy atom. The Labute approximate surface area is 114 Å². The van der Waals surface area contributed by atoms with E-state index in [2.05, 4.69) is 46.1 Å². The van der Waals surface area contributed by atoms with Crippen LogP contribution in [0.25, 0.3) is 0 Å². The minimum absolute atomic E-state index is 0.619. The fourth-order valence-corrected chi connectivity index (χ4v) is 4.85. The lowest BCUT2D eigenvalue weighted by Crippen LogP contribution is -2.32. The molecule has 16 heavy (non-hydrogen) atoms. The van der Waals surface area contributed by atoms with Crippen molar-refractivity contribution in [3.63, 3.8) is 0 Å². The Morgan fingerprint density at radius 3 is 2.94 bits per heavy atom. The molecule has 1 aromatic heterocycles. The second kappa shape index (κ2) is 4.78. The van der Waals surface area contributed by atoms with Gasteiger partial charge in [-0.05, 0) is 66.3 Å². The van der Waals surface area contributed by atoms with Crippen molar-refractivity contribution in [1.29, 1.82) is 0 Å². The number of thiophene rings is 1. The largest absolute Gasteiger partial charge is 0.307 e. The van der Waals surface area contributed by atoms with Crippen LogP contribution in [0.2, 0.25) is 0 Å². The third-order valence-electron chi connectivity index (χ3n) is 3.53. The van der Waals surface area contributed by atoms with E-state index in [0.717, 1.165) is 0 Å². The van der Waals surface area contributed by atoms with E-state index < -0.39 is 0 Å². The molecule has 1 unspecified atom stereocenters. The zero-order chi connectivity index (χ0) is 11.0. The Hall–Kier alpha value is 0.130. The van der Waals surface area contributed by atoms with Crippen LogP contribution in [0.15, 0.2) is 18.2 Å². The molecular formula is C13H16INS. The lowest BCUT2D eigenvalue weighted by atomic mass is 9.93. The van der Waals surface area contributed by atoms with Gasteiger partial charge in [-0.25, -0.2) is 0 Å². The third-order valence-corrected chi connectivity index (χ3v) is 5.50. The van der Waals surface area contributed by atoms with Crippen LogP contribution < -0.4 is 5.32 Å². The van der Waals surface area contributed by atoms with Crippen LogP contribution in [0, 0.1) is 2.88 Å². The van der Waals surface area contributed by atoms with Crippen molar-refractivity contribution in [2.24, 2.45) is 0 Å². The predicted molar refractivity (Wildman–Crippen MR) is 78.0 cm³/mol. The summed E-state index contributed by atoms with van der Waals surface area (Å²) < 4.78 is 1.45. The molecule has 1 aromatic rings. The first-order chi connectivity index (χ1) is 7.83. The molecule has 2 aliphatic carbocycles. The number of rotatable bonds is 2. The summed E-state index contributed by atoms with van der Waals surface area (Å²) >= 11 is 4.44. The number of nitrogens with one attached hydrogen (secondary N) is 1. The highest BCUT2D eigenvalue weighted by Gasteiger charge is 2.24. The molecule has 0 radical (unpaired) electrons. The van der Waals surface area contributed by atoms with Crippen LogP contribution in [-0.2, 0) is 6.42 Å². The summed E-state index contributed by atoms with van der Waals surface area (Å²) in [6.45, 7) is 0. The monoisotopic (exact) mass is 345 g/mol. The van der Waals surface area contributed by atoms with Gasteiger partial charge in [0, 0.05) is 17.0 Å². The molecule has 0 aliphatic heterocycles. The summed E-state index contributed by atoms with van der Waals surface area (Å²) in [7, 11) is 0. The molecule has 0 fully saturated rings. The molecule has 2 aliphatic rings. The first-order valence-corrected chi connectivity index (χ1v) is 7.91. The van der Waals surface area contributed by atoms with Gasteiger partial charge in [0.2, 0.25) is 0 Å². The van der Waals surface area contributed by atoms with Crippen molar-refractivity contribution in [2.45, 2.75) is 44.2 Å². The molecule has 0 saturated heterocycles. The van der Waals surface area contributed by atoms with Gasteiger partial charge < -0.3 is 5.32 Å². The number of hydrogen-bond acceptors (Lipinski definition) is 2. The van der Waals surface area contributed by atoms with Gasteiger partial charge in [-0.1, -0.05) is 12.2 Å². The Kier molecular flexibility index (Phi) is 3.36. The van der Waals surface area contributed by atoms with Crippen molar-refractivity contribution in [1.82, 2.24) is 5.32 Å². The van der Waals surface area contributed by atoms with Crippen LogP contribution >= 0.6 is 33.9 Å². The Morgan fingerprint density at radius 2 is 2.12 bits per heavy atom. The molecule has 1 atom stereocenters. The zero-order valence-corrected chi connectivity index (χ0v) is 12.2. The van der Waals surface area contributed by atoms with Gasteiger partial charge in [-0.3, -0.25) is 0 Å². The Balaban J connectivity index is 1.76. The summed E-state index contributed by atoms with van der Waals surface area (Å²) in [5.41, 5.74) is 1.59. The van der Waals surface area contributed by atoms with E-state index in [0.29, 0.717) is 12.1 Å². The van der Waals surface area contributed by atoms with Crippen LogP contribution in [-0.4, -0.2) is 6.04 Å². The molecule has 0 bridgehead atoms. The highest BCUT2D eigenvalue weighted by atomic mass is 127. The van der Waals surface area contributed by atoms with Gasteiger partial charge in [-0.2, -0.15) is 0 Å². The van der Waals surface area contributed by atoms with Gasteiger partial charge >= 0.3 is 0 Å². The van der Waals surface area contributed by atoms with Gasteiger partial charge in [0.25, 0.3) is 0 Å². The van der Waals surface area contributed by atoms with E-state index in [9.17, 15) is 0 Å². The SMILES string of the molecule is Ic1cc2c(s1)CCCC2NC1CC=CC1. The van der Waals surface area contributed by atoms with Crippen molar-refractivity contribution in [3.05, 3.63) is 31.5 Å². The van der Waals surface area contributed by atoms with E-state index >= 15 is 0 Å². The maximum Gasteiger partial charge on any atom is 0.0659 e. The predicted octanol–water partition coefficient (Wildman–Crippen LogP) is 4.04. The summed E-state index contributed by atoms with van der Waals surface area (Å²) in [6.07, 6.45) is 11.0. The van der Waals surface area contributed by atoms with E-state index in [4.69, 9.17) is 0 Å². The quantitative estimate of drug-likeness (QED) is 0.630. The minimum Gasteiger partial charge on any atom is -0.307 e. The average Bonchev–Trinajstić information content (AvgIpc) is 2.86. The van der Waals surface area contributed by atoms with Gasteiger partial charge in [-0.15, -0.1) is 11.3 Å². The number of aryl methyl sites for hydroxylation is 1. The average molecular weight is 345 g/mol. The van der Waals surface area contributed by atoms with E-state index in [1.165, 1.54) is 35.0 Å². The third kappa shape index (κ3) is 2.22. The molecule has 3 rings (SSSR count). The van der Waals surface area contributed by atoms with Crippen molar-refractivity contribution < 1.29 is 0 Å². The first-order valence-electron chi connectivity index (χ1n) is 6.02. The fraction of sp³-hybridized carbons (Fsp3) is 0.538. The van der Waals surface area contributed by atoms with Crippen LogP contribution in [0.3, 0.4) is 0 Å². The van der Waals surface area contributed by atoms with Crippen molar-refractivity contribution in [3.8, 4) is 0 Å². The topological polar surface area (TPSA) is 12.0 Å². The van der Waals surface area contributed by atoms with Crippen molar-refractivity contribution in [2.75, 3.05) is 0 Å². The lowest BCUT2D eigenvalue weighted by Gasteiger charge is -2.27. The number of halogens is 1. The highest BCUT2D eigenvalue weighted by Crippen LogP contribution is 2.37. The maximum absolute atomic E-state index is 3.83. The van der Waals surface area contributed by atoms with Crippen molar-refractivity contribution >= 4 is 33.9 Å². The summed E-state index contributed by atoms with van der Waals surface area (Å²) in [6, 6.07) is 3.70. The van der Waals surface area contributed by atoms with Crippen LogP contribution in [0.4, 0.5) is 0 Å². The van der Waals surface area contributed by atoms with Crippen LogP contribution in [0.5, 0.6) is 0 Å². The summed E-state index contributed by atoms with van der Waals surface area (Å²) in [5.74, 6) is 0. The molecule has 0 saturated carbocycles.